The van der Waals surface area contributed by atoms with Gasteiger partial charge < -0.3 is 4.57 Å². The van der Waals surface area contributed by atoms with E-state index in [-0.39, 0.29) is 0 Å². The maximum atomic E-state index is 2.52. The van der Waals surface area contributed by atoms with Crippen molar-refractivity contribution in [1.29, 1.82) is 0 Å². The van der Waals surface area contributed by atoms with Crippen molar-refractivity contribution in [2.24, 2.45) is 0 Å². The summed E-state index contributed by atoms with van der Waals surface area (Å²) in [5.74, 6) is 0. The molecular weight excluding hydrogens is 454 g/mol. The molecule has 1 nitrogen and oxygen atoms in total. The topological polar surface area (TPSA) is 4.93 Å². The minimum Gasteiger partial charge on any atom is -0.307 e. The van der Waals surface area contributed by atoms with Gasteiger partial charge in [-0.3, -0.25) is 0 Å². The van der Waals surface area contributed by atoms with E-state index in [0.717, 1.165) is 0 Å². The molecular formula is C34H19NS. The smallest absolute Gasteiger partial charge is 0.0720 e. The van der Waals surface area contributed by atoms with Crippen molar-refractivity contribution in [3.8, 4) is 27.9 Å². The van der Waals surface area contributed by atoms with Gasteiger partial charge in [-0.2, -0.15) is 0 Å². The Morgan fingerprint density at radius 2 is 1.14 bits per heavy atom. The summed E-state index contributed by atoms with van der Waals surface area (Å²) in [4.78, 5) is 0. The monoisotopic (exact) mass is 473 g/mol. The fraction of sp³-hybridized carbons (Fsp3) is 0. The van der Waals surface area contributed by atoms with Crippen LogP contribution in [0.25, 0.3) is 80.7 Å². The highest BCUT2D eigenvalue weighted by Crippen LogP contribution is 2.52. The first kappa shape index (κ1) is 18.9. The molecule has 0 spiro atoms. The Morgan fingerprint density at radius 1 is 0.444 bits per heavy atom. The Balaban J connectivity index is 1.58. The summed E-state index contributed by atoms with van der Waals surface area (Å²) >= 11 is 1.91. The molecule has 2 heterocycles. The van der Waals surface area contributed by atoms with Crippen LogP contribution >= 0.6 is 11.3 Å². The summed E-state index contributed by atoms with van der Waals surface area (Å²) in [6.07, 6.45) is 0. The van der Waals surface area contributed by atoms with E-state index in [4.69, 9.17) is 0 Å². The summed E-state index contributed by atoms with van der Waals surface area (Å²) in [6.45, 7) is 0. The van der Waals surface area contributed by atoms with E-state index >= 15 is 0 Å². The molecule has 8 aromatic rings. The summed E-state index contributed by atoms with van der Waals surface area (Å²) in [6, 6.07) is 42.5. The molecule has 0 unspecified atom stereocenters. The molecule has 0 fully saturated rings. The fourth-order valence-electron chi connectivity index (χ4n) is 6.47. The lowest BCUT2D eigenvalue weighted by Gasteiger charge is -2.11. The lowest BCUT2D eigenvalue weighted by atomic mass is 9.99. The number of nitrogens with zero attached hydrogens (tertiary/aromatic N) is 1. The number of para-hydroxylation sites is 1. The average Bonchev–Trinajstić information content (AvgIpc) is 3.59. The minimum atomic E-state index is 1.21. The molecule has 0 bridgehead atoms. The Labute approximate surface area is 211 Å². The number of hydrogen-bond acceptors (Lipinski definition) is 1. The largest absolute Gasteiger partial charge is 0.307 e. The molecule has 0 N–H and O–H groups in total. The predicted octanol–water partition coefficient (Wildman–Crippen LogP) is 9.95. The van der Waals surface area contributed by atoms with E-state index in [1.165, 1.54) is 80.7 Å². The maximum absolute atomic E-state index is 2.52. The average molecular weight is 474 g/mol. The number of benzene rings is 6. The van der Waals surface area contributed by atoms with Gasteiger partial charge >= 0.3 is 0 Å². The van der Waals surface area contributed by atoms with Crippen LogP contribution in [0.5, 0.6) is 0 Å². The molecule has 6 aromatic carbocycles. The molecule has 0 aliphatic heterocycles. The molecule has 0 amide bonds. The molecule has 9 rings (SSSR count). The van der Waals surface area contributed by atoms with Gasteiger partial charge in [0.15, 0.2) is 0 Å². The van der Waals surface area contributed by atoms with Crippen molar-refractivity contribution in [3.63, 3.8) is 0 Å². The number of thiophene rings is 1. The summed E-state index contributed by atoms with van der Waals surface area (Å²) in [5.41, 5.74) is 9.20. The molecule has 1 aliphatic carbocycles. The normalized spacial score (nSPS) is 12.4. The third kappa shape index (κ3) is 2.21. The van der Waals surface area contributed by atoms with Crippen LogP contribution in [0.15, 0.2) is 115 Å². The van der Waals surface area contributed by atoms with Gasteiger partial charge in [-0.05, 0) is 51.9 Å². The lowest BCUT2D eigenvalue weighted by Crippen LogP contribution is -1.94. The molecule has 1 aliphatic rings. The van der Waals surface area contributed by atoms with Crippen LogP contribution in [-0.2, 0) is 0 Å². The van der Waals surface area contributed by atoms with Gasteiger partial charge in [0.25, 0.3) is 0 Å². The number of rotatable bonds is 1. The van der Waals surface area contributed by atoms with E-state index < -0.39 is 0 Å². The van der Waals surface area contributed by atoms with Gasteiger partial charge in [-0.25, -0.2) is 0 Å². The molecule has 0 saturated carbocycles. The zero-order chi connectivity index (χ0) is 23.4. The molecule has 0 atom stereocenters. The highest BCUT2D eigenvalue weighted by molar-refractivity contribution is 7.26. The number of aromatic nitrogens is 1. The first-order valence-electron chi connectivity index (χ1n) is 12.4. The zero-order valence-electron chi connectivity index (χ0n) is 19.3. The van der Waals surface area contributed by atoms with Gasteiger partial charge in [0.1, 0.15) is 0 Å². The highest BCUT2D eigenvalue weighted by atomic mass is 32.1. The van der Waals surface area contributed by atoms with Gasteiger partial charge in [0.05, 0.1) is 15.7 Å². The zero-order valence-corrected chi connectivity index (χ0v) is 20.1. The standard InChI is InChI=1S/C34H19NS/c1-2-9-20(10-3-1)35-32-27-15-8-14-24-21-11-4-5-12-22(21)28(31(24)27)19-29(32)25-17-18-26-23-13-6-7-16-30(23)36-34(26)33(25)35/h1-19H. The number of fused-ring (bicyclic) bond motifs is 11. The number of hydrogen-bond donors (Lipinski definition) is 0. The van der Waals surface area contributed by atoms with Crippen LogP contribution in [0.1, 0.15) is 0 Å². The van der Waals surface area contributed by atoms with Crippen molar-refractivity contribution in [3.05, 3.63) is 115 Å². The van der Waals surface area contributed by atoms with E-state index in [1.807, 2.05) is 11.3 Å². The van der Waals surface area contributed by atoms with Crippen LogP contribution in [0, 0.1) is 0 Å². The fourth-order valence-corrected chi connectivity index (χ4v) is 7.71. The highest BCUT2D eigenvalue weighted by Gasteiger charge is 2.26. The van der Waals surface area contributed by atoms with E-state index in [1.54, 1.807) is 0 Å². The summed E-state index contributed by atoms with van der Waals surface area (Å²) in [7, 11) is 0. The van der Waals surface area contributed by atoms with Crippen molar-refractivity contribution >= 4 is 64.1 Å². The first-order valence-corrected chi connectivity index (χ1v) is 13.2. The van der Waals surface area contributed by atoms with E-state index in [2.05, 4.69) is 120 Å². The maximum Gasteiger partial charge on any atom is 0.0720 e. The minimum absolute atomic E-state index is 1.21. The van der Waals surface area contributed by atoms with Crippen molar-refractivity contribution < 1.29 is 0 Å². The molecule has 36 heavy (non-hydrogen) atoms. The molecule has 0 saturated heterocycles. The van der Waals surface area contributed by atoms with Gasteiger partial charge in [0.2, 0.25) is 0 Å². The second-order valence-electron chi connectivity index (χ2n) is 9.70. The third-order valence-corrected chi connectivity index (χ3v) is 9.11. The van der Waals surface area contributed by atoms with E-state index in [9.17, 15) is 0 Å². The van der Waals surface area contributed by atoms with Crippen LogP contribution in [-0.4, -0.2) is 4.57 Å². The van der Waals surface area contributed by atoms with Crippen LogP contribution in [0.4, 0.5) is 0 Å². The third-order valence-electron chi connectivity index (χ3n) is 7.91. The van der Waals surface area contributed by atoms with Gasteiger partial charge in [-0.15, -0.1) is 11.3 Å². The molecule has 166 valence electrons. The molecule has 2 heteroatoms. The quantitative estimate of drug-likeness (QED) is 0.223. The van der Waals surface area contributed by atoms with Crippen LogP contribution in [0.3, 0.4) is 0 Å². The lowest BCUT2D eigenvalue weighted by molar-refractivity contribution is 1.19. The Hall–Kier alpha value is -4.40. The van der Waals surface area contributed by atoms with Crippen molar-refractivity contribution in [2.45, 2.75) is 0 Å². The summed E-state index contributed by atoms with van der Waals surface area (Å²) < 4.78 is 5.22. The van der Waals surface area contributed by atoms with E-state index in [0.29, 0.717) is 0 Å². The van der Waals surface area contributed by atoms with Crippen molar-refractivity contribution in [2.75, 3.05) is 0 Å². The van der Waals surface area contributed by atoms with Crippen molar-refractivity contribution in [1.82, 2.24) is 4.57 Å². The second kappa shape index (κ2) is 6.63. The van der Waals surface area contributed by atoms with Gasteiger partial charge in [-0.1, -0.05) is 91.0 Å². The van der Waals surface area contributed by atoms with Gasteiger partial charge in [0, 0.05) is 37.3 Å². The molecule has 2 aromatic heterocycles. The Morgan fingerprint density at radius 3 is 2.03 bits per heavy atom. The predicted molar refractivity (Wildman–Crippen MR) is 156 cm³/mol. The Kier molecular flexibility index (Phi) is 3.47. The van der Waals surface area contributed by atoms with Crippen LogP contribution in [0.2, 0.25) is 0 Å². The molecule has 0 radical (unpaired) electrons. The van der Waals surface area contributed by atoms with Crippen LogP contribution < -0.4 is 0 Å². The first-order chi connectivity index (χ1) is 17.9. The SMILES string of the molecule is c1ccc(-n2c3c4cccc5c4c(cc3c3ccc4c6ccccc6sc4c32)-c2ccccc2-5)cc1. The Bertz CT molecular complexity index is 2190. The summed E-state index contributed by atoms with van der Waals surface area (Å²) in [5, 5.41) is 8.02. The second-order valence-corrected chi connectivity index (χ2v) is 10.8.